The molecule has 1 aliphatic rings. The van der Waals surface area contributed by atoms with Gasteiger partial charge in [-0.3, -0.25) is 0 Å². The number of benzene rings is 1. The lowest BCUT2D eigenvalue weighted by atomic mass is 9.90. The average molecular weight is 315 g/mol. The monoisotopic (exact) mass is 315 g/mol. The minimum absolute atomic E-state index is 0.0136. The van der Waals surface area contributed by atoms with Crippen LogP contribution in [0.2, 0.25) is 0 Å². The number of nitrogens with one attached hydrogen (secondary N) is 1. The minimum Gasteiger partial charge on any atom is -0.388 e. The van der Waals surface area contributed by atoms with Gasteiger partial charge in [-0.1, -0.05) is 31.9 Å². The van der Waals surface area contributed by atoms with Crippen molar-refractivity contribution in [3.63, 3.8) is 0 Å². The summed E-state index contributed by atoms with van der Waals surface area (Å²) >= 11 is 0. The third kappa shape index (κ3) is 4.23. The largest absolute Gasteiger partial charge is 0.416 e. The Labute approximate surface area is 129 Å². The molecule has 0 saturated heterocycles. The van der Waals surface area contributed by atoms with Gasteiger partial charge in [-0.25, -0.2) is 0 Å². The quantitative estimate of drug-likeness (QED) is 0.767. The van der Waals surface area contributed by atoms with Crippen LogP contribution in [0.5, 0.6) is 0 Å². The van der Waals surface area contributed by atoms with Crippen molar-refractivity contribution in [2.75, 3.05) is 6.54 Å². The Balaban J connectivity index is 2.08. The highest BCUT2D eigenvalue weighted by atomic mass is 19.4. The minimum atomic E-state index is -4.37. The molecule has 1 saturated carbocycles. The Morgan fingerprint density at radius 2 is 2.09 bits per heavy atom. The van der Waals surface area contributed by atoms with Crippen LogP contribution in [0.25, 0.3) is 0 Å². The van der Waals surface area contributed by atoms with Crippen molar-refractivity contribution >= 4 is 0 Å². The van der Waals surface area contributed by atoms with E-state index in [1.165, 1.54) is 6.07 Å². The molecule has 1 aromatic rings. The first-order valence-corrected chi connectivity index (χ1v) is 8.02. The summed E-state index contributed by atoms with van der Waals surface area (Å²) in [5.74, 6) is -0.0136. The molecule has 0 aliphatic heterocycles. The summed E-state index contributed by atoms with van der Waals surface area (Å²) in [6, 6.07) is 5.27. The summed E-state index contributed by atoms with van der Waals surface area (Å²) in [5.41, 5.74) is -0.332. The molecule has 3 atom stereocenters. The first kappa shape index (κ1) is 17.3. The van der Waals surface area contributed by atoms with Crippen LogP contribution < -0.4 is 5.32 Å². The Kier molecular flexibility index (Phi) is 5.87. The Bertz CT molecular complexity index is 475. The van der Waals surface area contributed by atoms with E-state index in [1.807, 2.05) is 0 Å². The Morgan fingerprint density at radius 3 is 2.77 bits per heavy atom. The number of halogens is 3. The smallest absolute Gasteiger partial charge is 0.388 e. The van der Waals surface area contributed by atoms with Crippen LogP contribution in [0.3, 0.4) is 0 Å². The number of aliphatic hydroxyl groups is 1. The van der Waals surface area contributed by atoms with E-state index in [9.17, 15) is 18.3 Å². The van der Waals surface area contributed by atoms with E-state index in [0.717, 1.165) is 50.8 Å². The standard InChI is InChI=1S/C17H24F3NO/c1-2-3-10-21-15-9-5-8-14(15)16(22)12-6-4-7-13(11-12)17(18,19)20/h4,6-7,11,14-16,21-22H,2-3,5,8-10H2,1H3. The number of alkyl halides is 3. The molecule has 124 valence electrons. The van der Waals surface area contributed by atoms with Crippen molar-refractivity contribution in [1.82, 2.24) is 5.32 Å². The Morgan fingerprint density at radius 1 is 1.32 bits per heavy atom. The van der Waals surface area contributed by atoms with Gasteiger partial charge in [-0.2, -0.15) is 13.2 Å². The zero-order valence-corrected chi connectivity index (χ0v) is 12.9. The number of unbranched alkanes of at least 4 members (excludes halogenated alkanes) is 1. The molecule has 2 N–H and O–H groups in total. The van der Waals surface area contributed by atoms with Gasteiger partial charge in [0.05, 0.1) is 11.7 Å². The van der Waals surface area contributed by atoms with E-state index in [4.69, 9.17) is 0 Å². The molecule has 3 unspecified atom stereocenters. The molecule has 0 bridgehead atoms. The van der Waals surface area contributed by atoms with E-state index >= 15 is 0 Å². The lowest BCUT2D eigenvalue weighted by Crippen LogP contribution is -2.36. The van der Waals surface area contributed by atoms with Crippen LogP contribution in [-0.2, 0) is 6.18 Å². The molecule has 0 aromatic heterocycles. The molecule has 0 radical (unpaired) electrons. The third-order valence-corrected chi connectivity index (χ3v) is 4.47. The molecular formula is C17H24F3NO. The molecule has 1 aromatic carbocycles. The molecule has 2 nitrogen and oxygen atoms in total. The fourth-order valence-electron chi connectivity index (χ4n) is 3.23. The van der Waals surface area contributed by atoms with Crippen LogP contribution in [0.1, 0.15) is 56.3 Å². The first-order valence-electron chi connectivity index (χ1n) is 8.02. The predicted octanol–water partition coefficient (Wildman–Crippen LogP) is 4.30. The van der Waals surface area contributed by atoms with Crippen LogP contribution in [0.15, 0.2) is 24.3 Å². The molecule has 1 aliphatic carbocycles. The second kappa shape index (κ2) is 7.47. The van der Waals surface area contributed by atoms with Gasteiger partial charge in [0.25, 0.3) is 0 Å². The maximum Gasteiger partial charge on any atom is 0.416 e. The van der Waals surface area contributed by atoms with Gasteiger partial charge in [-0.05, 0) is 43.5 Å². The van der Waals surface area contributed by atoms with Gasteiger partial charge in [0.1, 0.15) is 0 Å². The van der Waals surface area contributed by atoms with Gasteiger partial charge in [0, 0.05) is 12.0 Å². The van der Waals surface area contributed by atoms with Gasteiger partial charge in [0.15, 0.2) is 0 Å². The second-order valence-corrected chi connectivity index (χ2v) is 6.08. The van der Waals surface area contributed by atoms with Gasteiger partial charge >= 0.3 is 6.18 Å². The van der Waals surface area contributed by atoms with Gasteiger partial charge < -0.3 is 10.4 Å². The normalized spacial score (nSPS) is 23.7. The first-order chi connectivity index (χ1) is 10.4. The van der Waals surface area contributed by atoms with Gasteiger partial charge in [0.2, 0.25) is 0 Å². The predicted molar refractivity (Wildman–Crippen MR) is 80.4 cm³/mol. The summed E-state index contributed by atoms with van der Waals surface area (Å²) in [6.45, 7) is 3.01. The highest BCUT2D eigenvalue weighted by Gasteiger charge is 2.35. The van der Waals surface area contributed by atoms with Crippen LogP contribution in [0.4, 0.5) is 13.2 Å². The summed E-state index contributed by atoms with van der Waals surface area (Å²) in [4.78, 5) is 0. The number of hydrogen-bond acceptors (Lipinski definition) is 2. The van der Waals surface area contributed by atoms with Crippen molar-refractivity contribution in [1.29, 1.82) is 0 Å². The number of rotatable bonds is 6. The SMILES string of the molecule is CCCCNC1CCCC1C(O)c1cccc(C(F)(F)F)c1. The van der Waals surface area contributed by atoms with Crippen molar-refractivity contribution < 1.29 is 18.3 Å². The van der Waals surface area contributed by atoms with Crippen LogP contribution in [0, 0.1) is 5.92 Å². The zero-order valence-electron chi connectivity index (χ0n) is 12.9. The van der Waals surface area contributed by atoms with E-state index < -0.39 is 17.8 Å². The van der Waals surface area contributed by atoms with Crippen molar-refractivity contribution in [2.45, 2.75) is 57.3 Å². The maximum atomic E-state index is 12.8. The van der Waals surface area contributed by atoms with Crippen LogP contribution >= 0.6 is 0 Å². The van der Waals surface area contributed by atoms with Crippen molar-refractivity contribution in [2.24, 2.45) is 5.92 Å². The molecule has 0 spiro atoms. The Hall–Kier alpha value is -1.07. The van der Waals surface area contributed by atoms with Crippen molar-refractivity contribution in [3.05, 3.63) is 35.4 Å². The molecule has 1 fully saturated rings. The van der Waals surface area contributed by atoms with Gasteiger partial charge in [-0.15, -0.1) is 0 Å². The van der Waals surface area contributed by atoms with Crippen LogP contribution in [-0.4, -0.2) is 17.7 Å². The fourth-order valence-corrected chi connectivity index (χ4v) is 3.23. The second-order valence-electron chi connectivity index (χ2n) is 6.08. The molecule has 2 rings (SSSR count). The molecule has 5 heteroatoms. The van der Waals surface area contributed by atoms with E-state index in [2.05, 4.69) is 12.2 Å². The number of hydrogen-bond donors (Lipinski definition) is 2. The van der Waals surface area contributed by atoms with Crippen molar-refractivity contribution in [3.8, 4) is 0 Å². The summed E-state index contributed by atoms with van der Waals surface area (Å²) < 4.78 is 38.4. The van der Waals surface area contributed by atoms with E-state index in [-0.39, 0.29) is 12.0 Å². The maximum absolute atomic E-state index is 12.8. The summed E-state index contributed by atoms with van der Waals surface area (Å²) in [5, 5.41) is 14.0. The average Bonchev–Trinajstić information content (AvgIpc) is 2.94. The molecule has 0 amide bonds. The molecule has 0 heterocycles. The highest BCUT2D eigenvalue weighted by Crippen LogP contribution is 2.38. The molecular weight excluding hydrogens is 291 g/mol. The highest BCUT2D eigenvalue weighted by molar-refractivity contribution is 5.28. The lowest BCUT2D eigenvalue weighted by molar-refractivity contribution is -0.137. The summed E-state index contributed by atoms with van der Waals surface area (Å²) in [7, 11) is 0. The fraction of sp³-hybridized carbons (Fsp3) is 0.647. The zero-order chi connectivity index (χ0) is 16.2. The topological polar surface area (TPSA) is 32.3 Å². The number of aliphatic hydroxyl groups excluding tert-OH is 1. The van der Waals surface area contributed by atoms with E-state index in [1.54, 1.807) is 6.07 Å². The molecule has 22 heavy (non-hydrogen) atoms. The third-order valence-electron chi connectivity index (χ3n) is 4.47. The van der Waals surface area contributed by atoms with E-state index in [0.29, 0.717) is 5.56 Å². The summed E-state index contributed by atoms with van der Waals surface area (Å²) in [6.07, 6.45) is -0.215. The lowest BCUT2D eigenvalue weighted by Gasteiger charge is -2.26.